The molecule has 0 saturated carbocycles. The van der Waals surface area contributed by atoms with E-state index < -0.39 is 11.9 Å². The molecule has 0 spiro atoms. The Morgan fingerprint density at radius 2 is 1.36 bits per heavy atom. The number of hydrogen-bond acceptors (Lipinski definition) is 4. The van der Waals surface area contributed by atoms with Crippen LogP contribution in [0.4, 0.5) is 0 Å². The normalized spacial score (nSPS) is 5.50. The summed E-state index contributed by atoms with van der Waals surface area (Å²) in [6.45, 7) is 7.38. The summed E-state index contributed by atoms with van der Waals surface area (Å²) in [6.07, 6.45) is 0.722. The first kappa shape index (κ1) is 29.2. The van der Waals surface area contributed by atoms with Crippen molar-refractivity contribution < 1.29 is 39.3 Å². The molecule has 0 aliphatic carbocycles. The van der Waals surface area contributed by atoms with Crippen LogP contribution in [0, 0.1) is 0 Å². The Morgan fingerprint density at radius 3 is 1.36 bits per heavy atom. The van der Waals surface area contributed by atoms with Crippen LogP contribution in [-0.2, 0) is 29.1 Å². The average molecular weight is 254 g/mol. The average Bonchev–Trinajstić information content (AvgIpc) is 1.89. The SMILES string of the molecule is C.C.C=C(C)C(=O)[O-].C=CC(=O)[O-].[Zn+2]. The summed E-state index contributed by atoms with van der Waals surface area (Å²) in [5.41, 5.74) is 0.0648. The van der Waals surface area contributed by atoms with E-state index >= 15 is 0 Å². The van der Waals surface area contributed by atoms with E-state index in [0.717, 1.165) is 6.08 Å². The molecule has 0 aromatic carbocycles. The molecule has 5 heteroatoms. The molecule has 0 saturated heterocycles. The Labute approximate surface area is 98.1 Å². The van der Waals surface area contributed by atoms with Crippen LogP contribution < -0.4 is 10.2 Å². The van der Waals surface area contributed by atoms with Gasteiger partial charge in [0.15, 0.2) is 0 Å². The van der Waals surface area contributed by atoms with E-state index in [1.54, 1.807) is 0 Å². The molecule has 0 bridgehead atoms. The van der Waals surface area contributed by atoms with E-state index in [-0.39, 0.29) is 39.9 Å². The van der Waals surface area contributed by atoms with Crippen molar-refractivity contribution in [3.63, 3.8) is 0 Å². The third-order valence-electron chi connectivity index (χ3n) is 0.515. The van der Waals surface area contributed by atoms with E-state index in [1.165, 1.54) is 6.92 Å². The Bertz CT molecular complexity index is 175. The molecule has 0 aliphatic rings. The molecular formula is C9H16O4Zn. The summed E-state index contributed by atoms with van der Waals surface area (Å²) in [5.74, 6) is -2.42. The van der Waals surface area contributed by atoms with Gasteiger partial charge < -0.3 is 19.8 Å². The van der Waals surface area contributed by atoms with Crippen molar-refractivity contribution in [1.29, 1.82) is 0 Å². The van der Waals surface area contributed by atoms with Gasteiger partial charge in [-0.1, -0.05) is 28.0 Å². The quantitative estimate of drug-likeness (QED) is 0.491. The van der Waals surface area contributed by atoms with Crippen molar-refractivity contribution in [3.05, 3.63) is 24.8 Å². The number of aliphatic carboxylic acids is 2. The fraction of sp³-hybridized carbons (Fsp3) is 0.333. The van der Waals surface area contributed by atoms with Crippen LogP contribution in [0.1, 0.15) is 21.8 Å². The summed E-state index contributed by atoms with van der Waals surface area (Å²) < 4.78 is 0. The second-order valence-electron chi connectivity index (χ2n) is 1.59. The Balaban J connectivity index is -0.0000000321. The van der Waals surface area contributed by atoms with E-state index in [4.69, 9.17) is 9.90 Å². The van der Waals surface area contributed by atoms with Crippen LogP contribution in [0.3, 0.4) is 0 Å². The van der Waals surface area contributed by atoms with Gasteiger partial charge in [0.05, 0.1) is 11.9 Å². The maximum atomic E-state index is 9.49. The van der Waals surface area contributed by atoms with Crippen LogP contribution in [0.5, 0.6) is 0 Å². The topological polar surface area (TPSA) is 80.3 Å². The van der Waals surface area contributed by atoms with Crippen LogP contribution in [-0.4, -0.2) is 11.9 Å². The summed E-state index contributed by atoms with van der Waals surface area (Å²) in [5, 5.41) is 18.6. The number of rotatable bonds is 2. The van der Waals surface area contributed by atoms with Crippen molar-refractivity contribution in [1.82, 2.24) is 0 Å². The number of hydrogen-bond donors (Lipinski definition) is 0. The van der Waals surface area contributed by atoms with Gasteiger partial charge in [-0.2, -0.15) is 0 Å². The van der Waals surface area contributed by atoms with Gasteiger partial charge in [-0.3, -0.25) is 0 Å². The molecular weight excluding hydrogens is 237 g/mol. The van der Waals surface area contributed by atoms with Gasteiger partial charge in [0.25, 0.3) is 0 Å². The van der Waals surface area contributed by atoms with Crippen LogP contribution in [0.15, 0.2) is 24.8 Å². The molecule has 0 aromatic heterocycles. The third-order valence-corrected chi connectivity index (χ3v) is 0.515. The largest absolute Gasteiger partial charge is 2.00 e. The molecule has 0 unspecified atom stereocenters. The number of carboxylic acid groups (broad SMARTS) is 2. The van der Waals surface area contributed by atoms with Crippen molar-refractivity contribution >= 4 is 11.9 Å². The monoisotopic (exact) mass is 252 g/mol. The van der Waals surface area contributed by atoms with E-state index in [1.807, 2.05) is 0 Å². The fourth-order valence-corrected chi connectivity index (χ4v) is 0. The molecule has 0 N–H and O–H groups in total. The smallest absolute Gasteiger partial charge is 0.545 e. The van der Waals surface area contributed by atoms with Crippen molar-refractivity contribution in [2.45, 2.75) is 21.8 Å². The Hall–Kier alpha value is -0.957. The predicted octanol–water partition coefficient (Wildman–Crippen LogP) is -0.496. The van der Waals surface area contributed by atoms with Crippen LogP contribution in [0.2, 0.25) is 0 Å². The molecule has 0 aliphatic heterocycles. The minimum Gasteiger partial charge on any atom is -0.545 e. The van der Waals surface area contributed by atoms with Crippen LogP contribution in [0.25, 0.3) is 0 Å². The molecule has 0 heterocycles. The van der Waals surface area contributed by atoms with Gasteiger partial charge in [-0.25, -0.2) is 0 Å². The summed E-state index contributed by atoms with van der Waals surface area (Å²) in [7, 11) is 0. The maximum Gasteiger partial charge on any atom is 2.00 e. The molecule has 78 valence electrons. The minimum atomic E-state index is -1.23. The molecule has 0 rings (SSSR count). The molecule has 0 radical (unpaired) electrons. The van der Waals surface area contributed by atoms with E-state index in [0.29, 0.717) is 0 Å². The first-order chi connectivity index (χ1) is 4.91. The van der Waals surface area contributed by atoms with Gasteiger partial charge >= 0.3 is 19.5 Å². The second kappa shape index (κ2) is 18.0. The maximum absolute atomic E-state index is 9.49. The first-order valence-corrected chi connectivity index (χ1v) is 2.62. The standard InChI is InChI=1S/C4H6O2.C3H4O2.2CH4.Zn/c1-3(2)4(5)6;1-2-3(4)5;;;/h1H2,2H3,(H,5,6);2H,1H2,(H,4,5);2*1H4;/q;;;;+2/p-2. The second-order valence-corrected chi connectivity index (χ2v) is 1.59. The number of carbonyl (C=O) groups is 2. The van der Waals surface area contributed by atoms with Gasteiger partial charge in [0, 0.05) is 0 Å². The summed E-state index contributed by atoms with van der Waals surface area (Å²) in [6, 6.07) is 0. The molecule has 0 amide bonds. The van der Waals surface area contributed by atoms with Gasteiger partial charge in [-0.05, 0) is 18.6 Å². The zero-order valence-corrected chi connectivity index (χ0v) is 9.80. The van der Waals surface area contributed by atoms with Gasteiger partial charge in [-0.15, -0.1) is 0 Å². The summed E-state index contributed by atoms with van der Waals surface area (Å²) in [4.78, 5) is 18.6. The number of carbonyl (C=O) groups excluding carboxylic acids is 2. The Kier molecular flexibility index (Phi) is 37.5. The van der Waals surface area contributed by atoms with Crippen molar-refractivity contribution in [3.8, 4) is 0 Å². The first-order valence-electron chi connectivity index (χ1n) is 2.62. The number of carboxylic acids is 2. The predicted molar refractivity (Wildman–Crippen MR) is 48.5 cm³/mol. The fourth-order valence-electron chi connectivity index (χ4n) is 0. The zero-order valence-electron chi connectivity index (χ0n) is 6.83. The van der Waals surface area contributed by atoms with Crippen molar-refractivity contribution in [2.75, 3.05) is 0 Å². The molecule has 14 heavy (non-hydrogen) atoms. The van der Waals surface area contributed by atoms with Gasteiger partial charge in [0.2, 0.25) is 0 Å². The summed E-state index contributed by atoms with van der Waals surface area (Å²) >= 11 is 0. The zero-order chi connectivity index (χ0) is 9.44. The Morgan fingerprint density at radius 1 is 1.21 bits per heavy atom. The van der Waals surface area contributed by atoms with Crippen LogP contribution >= 0.6 is 0 Å². The molecule has 4 nitrogen and oxygen atoms in total. The minimum absolute atomic E-state index is 0. The third kappa shape index (κ3) is 43.8. The van der Waals surface area contributed by atoms with E-state index in [9.17, 15) is 9.90 Å². The van der Waals surface area contributed by atoms with Gasteiger partial charge in [0.1, 0.15) is 0 Å². The van der Waals surface area contributed by atoms with Crippen molar-refractivity contribution in [2.24, 2.45) is 0 Å². The molecule has 0 aromatic rings. The van der Waals surface area contributed by atoms with E-state index in [2.05, 4.69) is 13.2 Å². The molecule has 0 fully saturated rings. The molecule has 0 atom stereocenters.